The first-order valence-corrected chi connectivity index (χ1v) is 13.0. The first-order valence-electron chi connectivity index (χ1n) is 12.2. The number of carbonyl (C=O) groups excluding carboxylic acids is 2. The van der Waals surface area contributed by atoms with Gasteiger partial charge in [0.15, 0.2) is 5.78 Å². The molecule has 0 spiro atoms. The second-order valence-electron chi connectivity index (χ2n) is 8.83. The molecular formula is C26H26F4N4O3S. The molecule has 1 aliphatic heterocycles. The molecule has 0 N–H and O–H groups in total. The van der Waals surface area contributed by atoms with E-state index in [1.54, 1.807) is 6.92 Å². The van der Waals surface area contributed by atoms with Crippen molar-refractivity contribution in [3.8, 4) is 11.3 Å². The SMILES string of the molecule is CCOC(=O)C1CCN(c2cnc(C(=O)Cc3nc(-c4cc(F)cc(C(F)(F)F)c4)c(CC)s3)cn2)CC1. The van der Waals surface area contributed by atoms with Gasteiger partial charge in [0.25, 0.3) is 0 Å². The highest BCUT2D eigenvalue weighted by atomic mass is 32.1. The minimum Gasteiger partial charge on any atom is -0.466 e. The Labute approximate surface area is 220 Å². The second-order valence-corrected chi connectivity index (χ2v) is 10.0. The zero-order valence-electron chi connectivity index (χ0n) is 20.8. The molecule has 0 unspecified atom stereocenters. The smallest absolute Gasteiger partial charge is 0.416 e. The summed E-state index contributed by atoms with van der Waals surface area (Å²) in [5, 5.41) is 0.395. The van der Waals surface area contributed by atoms with Gasteiger partial charge in [-0.25, -0.2) is 19.3 Å². The highest BCUT2D eigenvalue weighted by molar-refractivity contribution is 7.12. The molecule has 0 saturated carbocycles. The molecule has 7 nitrogen and oxygen atoms in total. The number of carbonyl (C=O) groups is 2. The van der Waals surface area contributed by atoms with E-state index >= 15 is 0 Å². The van der Waals surface area contributed by atoms with Crippen LogP contribution in [0.4, 0.5) is 23.4 Å². The number of esters is 1. The lowest BCUT2D eigenvalue weighted by molar-refractivity contribution is -0.148. The number of aryl methyl sites for hydroxylation is 1. The summed E-state index contributed by atoms with van der Waals surface area (Å²) in [4.78, 5) is 40.4. The van der Waals surface area contributed by atoms with Crippen LogP contribution in [0.15, 0.2) is 30.6 Å². The van der Waals surface area contributed by atoms with E-state index in [0.29, 0.717) is 60.7 Å². The van der Waals surface area contributed by atoms with Gasteiger partial charge < -0.3 is 9.64 Å². The number of nitrogens with zero attached hydrogens (tertiary/aromatic N) is 4. The average molecular weight is 551 g/mol. The van der Waals surface area contributed by atoms with E-state index in [1.165, 1.54) is 23.7 Å². The molecule has 1 aromatic carbocycles. The Kier molecular flexibility index (Phi) is 8.39. The van der Waals surface area contributed by atoms with E-state index in [0.717, 1.165) is 12.1 Å². The summed E-state index contributed by atoms with van der Waals surface area (Å²) >= 11 is 1.20. The largest absolute Gasteiger partial charge is 0.466 e. The molecule has 3 heterocycles. The molecule has 0 atom stereocenters. The van der Waals surface area contributed by atoms with Crippen molar-refractivity contribution in [3.05, 3.63) is 57.6 Å². The molecule has 4 rings (SSSR count). The van der Waals surface area contributed by atoms with Crippen LogP contribution in [0.1, 0.15) is 52.6 Å². The van der Waals surface area contributed by atoms with E-state index in [4.69, 9.17) is 4.74 Å². The molecule has 12 heteroatoms. The molecule has 2 aromatic heterocycles. The lowest BCUT2D eigenvalue weighted by Crippen LogP contribution is -2.37. The van der Waals surface area contributed by atoms with Gasteiger partial charge in [-0.2, -0.15) is 13.2 Å². The van der Waals surface area contributed by atoms with Crippen molar-refractivity contribution >= 4 is 28.9 Å². The van der Waals surface area contributed by atoms with Crippen LogP contribution in [-0.2, 0) is 28.5 Å². The Bertz CT molecular complexity index is 1300. The first-order chi connectivity index (χ1) is 18.1. The molecule has 0 amide bonds. The van der Waals surface area contributed by atoms with Crippen molar-refractivity contribution in [1.82, 2.24) is 15.0 Å². The number of piperidine rings is 1. The van der Waals surface area contributed by atoms with Crippen LogP contribution >= 0.6 is 11.3 Å². The van der Waals surface area contributed by atoms with Gasteiger partial charge in [0.2, 0.25) is 0 Å². The summed E-state index contributed by atoms with van der Waals surface area (Å²) in [7, 11) is 0. The molecule has 202 valence electrons. The number of hydrogen-bond acceptors (Lipinski definition) is 8. The van der Waals surface area contributed by atoms with Gasteiger partial charge in [0, 0.05) is 23.5 Å². The van der Waals surface area contributed by atoms with Crippen molar-refractivity contribution < 1.29 is 31.9 Å². The molecule has 38 heavy (non-hydrogen) atoms. The molecule has 0 aliphatic carbocycles. The molecule has 1 saturated heterocycles. The third-order valence-corrected chi connectivity index (χ3v) is 7.44. The monoisotopic (exact) mass is 550 g/mol. The van der Waals surface area contributed by atoms with Crippen LogP contribution in [0, 0.1) is 11.7 Å². The van der Waals surface area contributed by atoms with Crippen LogP contribution in [0.2, 0.25) is 0 Å². The Balaban J connectivity index is 1.44. The average Bonchev–Trinajstić information content (AvgIpc) is 3.31. The molecular weight excluding hydrogens is 524 g/mol. The maximum atomic E-state index is 14.0. The van der Waals surface area contributed by atoms with Gasteiger partial charge in [-0.3, -0.25) is 9.59 Å². The van der Waals surface area contributed by atoms with Crippen molar-refractivity contribution in [2.24, 2.45) is 5.92 Å². The highest BCUT2D eigenvalue weighted by Crippen LogP contribution is 2.35. The minimum atomic E-state index is -4.69. The van der Waals surface area contributed by atoms with Crippen LogP contribution in [0.5, 0.6) is 0 Å². The number of anilines is 1. The van der Waals surface area contributed by atoms with Gasteiger partial charge in [-0.05, 0) is 44.4 Å². The number of rotatable bonds is 8. The van der Waals surface area contributed by atoms with E-state index in [2.05, 4.69) is 15.0 Å². The van der Waals surface area contributed by atoms with Crippen LogP contribution in [0.3, 0.4) is 0 Å². The molecule has 0 bridgehead atoms. The number of alkyl halides is 3. The number of Topliss-reactive ketones (excluding diaryl/α,β-unsaturated/α-hetero) is 1. The fraction of sp³-hybridized carbons (Fsp3) is 0.423. The predicted octanol–water partition coefficient (Wildman–Crippen LogP) is 5.53. The van der Waals surface area contributed by atoms with Crippen molar-refractivity contribution in [3.63, 3.8) is 0 Å². The number of halogens is 4. The summed E-state index contributed by atoms with van der Waals surface area (Å²) < 4.78 is 58.6. The molecule has 0 radical (unpaired) electrons. The van der Waals surface area contributed by atoms with E-state index < -0.39 is 17.6 Å². The Morgan fingerprint density at radius 3 is 2.45 bits per heavy atom. The van der Waals surface area contributed by atoms with Crippen LogP contribution in [-0.4, -0.2) is 46.4 Å². The predicted molar refractivity (Wildman–Crippen MR) is 134 cm³/mol. The van der Waals surface area contributed by atoms with E-state index in [9.17, 15) is 27.2 Å². The van der Waals surface area contributed by atoms with Gasteiger partial charge in [0.1, 0.15) is 22.3 Å². The Morgan fingerprint density at radius 2 is 1.84 bits per heavy atom. The summed E-state index contributed by atoms with van der Waals surface area (Å²) in [6.07, 6.45) is -0.176. The third-order valence-electron chi connectivity index (χ3n) is 6.24. The summed E-state index contributed by atoms with van der Waals surface area (Å²) in [5.74, 6) is -1.08. The van der Waals surface area contributed by atoms with Gasteiger partial charge in [-0.15, -0.1) is 11.3 Å². The standard InChI is InChI=1S/C26H26F4N4O3S/c1-3-21-24(16-9-17(26(28,29)30)11-18(27)10-16)33-23(38-21)12-20(35)19-13-32-22(14-31-19)34-7-5-15(6-8-34)25(36)37-4-2/h9-11,13-15H,3-8,12H2,1-2H3. The zero-order chi connectivity index (χ0) is 27.4. The zero-order valence-corrected chi connectivity index (χ0v) is 21.7. The van der Waals surface area contributed by atoms with Gasteiger partial charge in [0.05, 0.1) is 42.6 Å². The number of benzene rings is 1. The summed E-state index contributed by atoms with van der Waals surface area (Å²) in [5.41, 5.74) is -0.714. The topological polar surface area (TPSA) is 85.3 Å². The van der Waals surface area contributed by atoms with Crippen molar-refractivity contribution in [2.75, 3.05) is 24.6 Å². The fourth-order valence-electron chi connectivity index (χ4n) is 4.29. The molecule has 1 fully saturated rings. The van der Waals surface area contributed by atoms with Crippen molar-refractivity contribution in [1.29, 1.82) is 0 Å². The summed E-state index contributed by atoms with van der Waals surface area (Å²) in [6.45, 7) is 5.17. The van der Waals surface area contributed by atoms with E-state index in [1.807, 2.05) is 11.8 Å². The number of ether oxygens (including phenoxy) is 1. The highest BCUT2D eigenvalue weighted by Gasteiger charge is 2.32. The van der Waals surface area contributed by atoms with Gasteiger partial charge >= 0.3 is 12.1 Å². The number of aromatic nitrogens is 3. The second kappa shape index (κ2) is 11.5. The Morgan fingerprint density at radius 1 is 1.11 bits per heavy atom. The Hall–Kier alpha value is -3.41. The number of ketones is 1. The van der Waals surface area contributed by atoms with Crippen LogP contribution < -0.4 is 4.90 Å². The normalized spacial score (nSPS) is 14.5. The molecule has 3 aromatic rings. The number of hydrogen-bond donors (Lipinski definition) is 0. The summed E-state index contributed by atoms with van der Waals surface area (Å²) in [6, 6.07) is 2.31. The maximum Gasteiger partial charge on any atom is 0.416 e. The molecule has 1 aliphatic rings. The fourth-order valence-corrected chi connectivity index (χ4v) is 5.32. The first kappa shape index (κ1) is 27.6. The lowest BCUT2D eigenvalue weighted by Gasteiger charge is -2.31. The van der Waals surface area contributed by atoms with Crippen molar-refractivity contribution in [2.45, 2.75) is 45.7 Å². The quantitative estimate of drug-likeness (QED) is 0.207. The lowest BCUT2D eigenvalue weighted by atomic mass is 9.97. The van der Waals surface area contributed by atoms with E-state index in [-0.39, 0.29) is 41.0 Å². The number of thiazole rings is 1. The maximum absolute atomic E-state index is 14.0. The van der Waals surface area contributed by atoms with Crippen LogP contribution in [0.25, 0.3) is 11.3 Å². The minimum absolute atomic E-state index is 0.0139. The van der Waals surface area contributed by atoms with Gasteiger partial charge in [-0.1, -0.05) is 6.92 Å². The third kappa shape index (κ3) is 6.35.